The molecule has 6 aromatic rings. The molecule has 0 radical (unpaired) electrons. The first kappa shape index (κ1) is 107. The van der Waals surface area contributed by atoms with Crippen molar-refractivity contribution in [3.63, 3.8) is 0 Å². The summed E-state index contributed by atoms with van der Waals surface area (Å²) in [4.78, 5) is 52.1. The summed E-state index contributed by atoms with van der Waals surface area (Å²) in [7, 11) is 0. The second kappa shape index (κ2) is 46.7. The molecular formula is C93H126F11N13O14. The van der Waals surface area contributed by atoms with Crippen molar-refractivity contribution in [1.82, 2.24) is 9.97 Å². The molecule has 10 aliphatic rings. The van der Waals surface area contributed by atoms with E-state index in [2.05, 4.69) is 39.7 Å². The van der Waals surface area contributed by atoms with Gasteiger partial charge in [0, 0.05) is 91.1 Å². The van der Waals surface area contributed by atoms with Crippen LogP contribution < -0.4 is 33.4 Å². The van der Waals surface area contributed by atoms with Crippen molar-refractivity contribution in [2.45, 2.75) is 238 Å². The maximum absolute atomic E-state index is 15.2. The van der Waals surface area contributed by atoms with Gasteiger partial charge in [0.25, 0.3) is 29.8 Å². The Hall–Kier alpha value is -10.6. The predicted octanol–water partition coefficient (Wildman–Crippen LogP) is 16.9. The van der Waals surface area contributed by atoms with E-state index in [0.717, 1.165) is 30.8 Å². The number of anilines is 1. The molecular weight excluding hydrogens is 1730 g/mol. The van der Waals surface area contributed by atoms with Crippen LogP contribution in [0, 0.1) is 68.8 Å². The minimum absolute atomic E-state index is 0. The second-order valence-corrected chi connectivity index (χ2v) is 32.2. The lowest BCUT2D eigenvalue weighted by molar-refractivity contribution is -0.385. The molecule has 0 amide bonds. The molecule has 5 fully saturated rings. The largest absolute Gasteiger partial charge is 0.477 e. The van der Waals surface area contributed by atoms with Crippen molar-refractivity contribution in [3.8, 4) is 5.88 Å². The molecule has 0 spiro atoms. The monoisotopic (exact) mass is 1860 g/mol. The first-order valence-corrected chi connectivity index (χ1v) is 42.1. The Kier molecular flexibility index (Phi) is 38.3. The number of alkyl halides is 6. The minimum atomic E-state index is -1.72. The number of non-ortho nitro benzene ring substituents is 1. The lowest BCUT2D eigenvalue weighted by Gasteiger charge is -2.49. The molecule has 27 nitrogen and oxygen atoms in total. The van der Waals surface area contributed by atoms with E-state index in [0.29, 0.717) is 114 Å². The van der Waals surface area contributed by atoms with Crippen LogP contribution in [0.2, 0.25) is 0 Å². The summed E-state index contributed by atoms with van der Waals surface area (Å²) in [6.45, 7) is 8.09. The molecule has 38 heteroatoms. The highest BCUT2D eigenvalue weighted by Crippen LogP contribution is 2.54. The molecule has 20 atom stereocenters. The van der Waals surface area contributed by atoms with Crippen LogP contribution in [0.1, 0.15) is 187 Å². The summed E-state index contributed by atoms with van der Waals surface area (Å²) >= 11 is 0. The number of carbonyl (C=O) groups excluding carboxylic acids is 1. The molecule has 11 heterocycles. The van der Waals surface area contributed by atoms with Crippen LogP contribution >= 0.6 is 0 Å². The Morgan fingerprint density at radius 1 is 0.420 bits per heavy atom. The number of amidine groups is 4. The van der Waals surface area contributed by atoms with Gasteiger partial charge < -0.3 is 80.8 Å². The molecule has 10 aliphatic heterocycles. The van der Waals surface area contributed by atoms with E-state index >= 15 is 4.39 Å². The Morgan fingerprint density at radius 3 is 1.08 bits per heavy atom. The van der Waals surface area contributed by atoms with Gasteiger partial charge >= 0.3 is 0 Å². The SMILES string of the molecule is C.C.C.C.C.CC[C@@H]1OCC[C@H]2OC(C)=N[C@](CF)(c3ccccc3F)[C@@H]12.CC[C@@H]1OCC[C@H]2OC(N)=N[C@](CF)(c3cc(CC(=O)c4cnc(OCF)cn4)ccc3F)[C@@H]12.CC[C@@H]1OCC[C@H]2OC(N)=N[C@](CF)(c3cc(N)ccc3F)[C@@H]12.CC[C@@H]1OCC[C@H]2OC(N)=N[C@](CF)(c3cc([N+](=O)[O-])ccc3F)[C@@H]12.CC[C@@H]1OCC[C@H]2OC(N)=N[C@](CF)(c3ccccc3F)[C@@H]12. The number of ether oxygens (including phenoxy) is 11. The number of benzene rings is 5. The number of Topliss-reactive ketones (excluding diaryl/α,β-unsaturated/α-hetero) is 1. The van der Waals surface area contributed by atoms with Crippen molar-refractivity contribution in [2.75, 3.05) is 79.0 Å². The third-order valence-corrected chi connectivity index (χ3v) is 25.2. The number of aliphatic imine (C=N–C) groups is 5. The van der Waals surface area contributed by atoms with Gasteiger partial charge in [0.05, 0.1) is 110 Å². The summed E-state index contributed by atoms with van der Waals surface area (Å²) in [5.74, 6) is -5.40. The van der Waals surface area contributed by atoms with Gasteiger partial charge in [-0.1, -0.05) is 114 Å². The van der Waals surface area contributed by atoms with Crippen molar-refractivity contribution < 1.29 is 110 Å². The fourth-order valence-corrected chi connectivity index (χ4v) is 19.8. The molecule has 0 bridgehead atoms. The topological polar surface area (TPSA) is 379 Å². The van der Waals surface area contributed by atoms with Crippen molar-refractivity contribution >= 4 is 47.1 Å². The zero-order valence-corrected chi connectivity index (χ0v) is 70.5. The molecule has 724 valence electrons. The van der Waals surface area contributed by atoms with E-state index in [-0.39, 0.29) is 150 Å². The number of hydrogen-bond acceptors (Lipinski definition) is 26. The van der Waals surface area contributed by atoms with E-state index in [1.165, 1.54) is 54.7 Å². The zero-order chi connectivity index (χ0) is 90.6. The summed E-state index contributed by atoms with van der Waals surface area (Å²) in [5.41, 5.74) is 22.3. The summed E-state index contributed by atoms with van der Waals surface area (Å²) < 4.78 is 219. The highest BCUT2D eigenvalue weighted by atomic mass is 19.2. The number of hydrogen-bond donors (Lipinski definition) is 5. The van der Waals surface area contributed by atoms with E-state index in [1.807, 2.05) is 34.6 Å². The van der Waals surface area contributed by atoms with Crippen LogP contribution in [0.15, 0.2) is 140 Å². The van der Waals surface area contributed by atoms with E-state index in [4.69, 9.17) is 76.0 Å². The predicted molar refractivity (Wildman–Crippen MR) is 476 cm³/mol. The second-order valence-electron chi connectivity index (χ2n) is 32.2. The number of nitrogens with zero attached hydrogens (tertiary/aromatic N) is 8. The van der Waals surface area contributed by atoms with Crippen LogP contribution in [0.4, 0.5) is 59.7 Å². The average Bonchev–Trinajstić information content (AvgIpc) is 0.759. The van der Waals surface area contributed by atoms with Crippen LogP contribution in [0.3, 0.4) is 0 Å². The van der Waals surface area contributed by atoms with Gasteiger partial charge in [-0.2, -0.15) is 0 Å². The molecule has 0 unspecified atom stereocenters. The van der Waals surface area contributed by atoms with Gasteiger partial charge in [0.15, 0.2) is 11.7 Å². The number of halogens is 11. The summed E-state index contributed by atoms with van der Waals surface area (Å²) in [6.07, 6.45) is 4.65. The molecule has 1 aromatic heterocycles. The first-order chi connectivity index (χ1) is 60.6. The fraction of sp³-hybridized carbons (Fsp3) is 0.570. The molecule has 5 aromatic carbocycles. The summed E-state index contributed by atoms with van der Waals surface area (Å²) in [5, 5.41) is 11.1. The zero-order valence-electron chi connectivity index (χ0n) is 70.5. The van der Waals surface area contributed by atoms with E-state index in [9.17, 15) is 58.8 Å². The Morgan fingerprint density at radius 2 is 0.740 bits per heavy atom. The standard InChI is InChI=1S/C23H25F3N4O4.C17H21F2NO2.C16H19F2N3O4.C16H21F2N3O2.C16H20F2N2O2.5CH4/c1-2-18-21-19(5-6-32-18)34-22(27)30-23(21,11-24)14-7-13(3-4-15(14)26)8-17(31)16-9-29-20(10-28-16)33-12-25;1-3-14-16-15(8-9-21-14)22-11(2)20-17(16,10-18)12-6-4-5-7-13(12)19;1-2-12-14-13(5-6-24-12)25-15(19)20-16(14,8-17)10-7-9(21(22)23)3-4-11(10)18;1-2-12-14-13(5-6-22-12)23-15(20)21-16(14,8-17)10-7-9(19)3-4-11(10)18;1-2-12-14-13(7-8-21-12)22-15(19)20-16(14,9-17)10-5-3-4-6-11(10)18;;;;;/h3-4,7,9-10,18-19,21H,2,5-6,8,11-12H2,1H3,(H2,27,30);4-7,14-16H,3,8-10H2,1-2H3;3-4,7,12-14H,2,5-6,8H2,1H3,(H2,19,20);3-4,7,12-14H,2,5-6,8,19H2,1H3,(H2,20,21);3-6,12-14H,2,7-9H2,1H3,(H2,19,20);5*1H4/t18-,19+,21-,23+;14-,15+,16-,17+;3*12-,13+,14-,16+;;;;;/m00000...../s1. The Balaban J connectivity index is 0.000000224. The van der Waals surface area contributed by atoms with Gasteiger partial charge in [-0.05, 0) is 86.2 Å². The number of fused-ring (bicyclic) bond motifs is 5. The number of carbonyl (C=O) groups is 1. The van der Waals surface area contributed by atoms with Gasteiger partial charge in [-0.25, -0.2) is 83.2 Å². The normalized spacial score (nSPS) is 30.3. The summed E-state index contributed by atoms with van der Waals surface area (Å²) in [6, 6.07) is 22.9. The van der Waals surface area contributed by atoms with Crippen LogP contribution in [0.5, 0.6) is 5.88 Å². The number of nitrogen functional groups attached to an aromatic ring is 1. The number of ketones is 1. The third-order valence-electron chi connectivity index (χ3n) is 25.2. The number of rotatable bonds is 21. The number of nitro groups is 1. The molecule has 0 aliphatic carbocycles. The fourth-order valence-electron chi connectivity index (χ4n) is 19.8. The lowest BCUT2D eigenvalue weighted by atomic mass is 9.70. The maximum Gasteiger partial charge on any atom is 0.283 e. The molecule has 5 saturated heterocycles. The number of aromatic nitrogens is 2. The van der Waals surface area contributed by atoms with Crippen molar-refractivity contribution in [3.05, 3.63) is 194 Å². The number of nitro benzene ring substituents is 1. The van der Waals surface area contributed by atoms with Gasteiger partial charge in [0.2, 0.25) is 12.7 Å². The van der Waals surface area contributed by atoms with Crippen LogP contribution in [-0.2, 0) is 81.5 Å². The molecule has 10 N–H and O–H groups in total. The molecule has 0 saturated carbocycles. The molecule has 131 heavy (non-hydrogen) atoms. The third kappa shape index (κ3) is 21.7. The Labute approximate surface area is 758 Å². The minimum Gasteiger partial charge on any atom is -0.477 e. The van der Waals surface area contributed by atoms with Gasteiger partial charge in [-0.3, -0.25) is 14.9 Å². The average molecular weight is 1860 g/mol. The highest BCUT2D eigenvalue weighted by molar-refractivity contribution is 5.95. The van der Waals surface area contributed by atoms with Crippen LogP contribution in [0.25, 0.3) is 0 Å². The van der Waals surface area contributed by atoms with Crippen molar-refractivity contribution in [2.24, 2.45) is 77.5 Å². The van der Waals surface area contributed by atoms with E-state index < -0.39 is 156 Å². The van der Waals surface area contributed by atoms with Crippen LogP contribution in [-0.4, -0.2) is 185 Å². The van der Waals surface area contributed by atoms with E-state index in [1.54, 1.807) is 43.3 Å². The lowest BCUT2D eigenvalue weighted by Crippen LogP contribution is -2.58. The van der Waals surface area contributed by atoms with Crippen molar-refractivity contribution in [1.29, 1.82) is 0 Å². The highest BCUT2D eigenvalue weighted by Gasteiger charge is 2.61. The maximum atomic E-state index is 15.2. The van der Waals surface area contributed by atoms with Gasteiger partial charge in [0.1, 0.15) is 126 Å². The quantitative estimate of drug-likeness (QED) is 0.0147. The first-order valence-electron chi connectivity index (χ1n) is 42.1. The smallest absolute Gasteiger partial charge is 0.283 e. The number of nitrogens with two attached hydrogens (primary N) is 5. The Bertz CT molecular complexity index is 4840. The van der Waals surface area contributed by atoms with Gasteiger partial charge in [-0.15, -0.1) is 0 Å². The molecule has 16 rings (SSSR count).